The van der Waals surface area contributed by atoms with Gasteiger partial charge in [-0.1, -0.05) is 30.3 Å². The standard InChI is InChI=1S/C22H25N3O5/c1-14-23-18-11-20(30-3)19(29-2)10-17(18)22(28)25(14)12-21(27)24-16(13-26)9-15-7-5-4-6-8-15/h4-8,10-11,16,26H,9,12-13H2,1-3H3,(H,24,27)/t16-/m1/s1. The number of carbonyl (C=O) groups excluding carboxylic acids is 1. The first kappa shape index (κ1) is 21.3. The van der Waals surface area contributed by atoms with Gasteiger partial charge in [-0.25, -0.2) is 4.98 Å². The van der Waals surface area contributed by atoms with Crippen LogP contribution >= 0.6 is 0 Å². The van der Waals surface area contributed by atoms with Gasteiger partial charge in [-0.05, 0) is 25.0 Å². The lowest BCUT2D eigenvalue weighted by Crippen LogP contribution is -2.42. The lowest BCUT2D eigenvalue weighted by molar-refractivity contribution is -0.122. The molecule has 0 spiro atoms. The van der Waals surface area contributed by atoms with Crippen LogP contribution in [-0.2, 0) is 17.8 Å². The second-order valence-electron chi connectivity index (χ2n) is 6.91. The van der Waals surface area contributed by atoms with Gasteiger partial charge in [0.05, 0.1) is 37.8 Å². The van der Waals surface area contributed by atoms with Gasteiger partial charge >= 0.3 is 0 Å². The van der Waals surface area contributed by atoms with E-state index in [0.29, 0.717) is 34.6 Å². The normalized spacial score (nSPS) is 11.9. The number of hydrogen-bond acceptors (Lipinski definition) is 6. The van der Waals surface area contributed by atoms with Crippen molar-refractivity contribution in [1.29, 1.82) is 0 Å². The summed E-state index contributed by atoms with van der Waals surface area (Å²) in [5.74, 6) is 0.903. The summed E-state index contributed by atoms with van der Waals surface area (Å²) in [6, 6.07) is 12.3. The number of aryl methyl sites for hydroxylation is 1. The van der Waals surface area contributed by atoms with E-state index < -0.39 is 6.04 Å². The number of fused-ring (bicyclic) bond motifs is 1. The predicted octanol–water partition coefficient (Wildman–Crippen LogP) is 1.44. The number of amides is 1. The van der Waals surface area contributed by atoms with Crippen molar-refractivity contribution in [1.82, 2.24) is 14.9 Å². The number of ether oxygens (including phenoxy) is 2. The summed E-state index contributed by atoms with van der Waals surface area (Å²) < 4.78 is 11.8. The van der Waals surface area contributed by atoms with Crippen LogP contribution in [0.5, 0.6) is 11.5 Å². The molecule has 0 bridgehead atoms. The molecular weight excluding hydrogens is 386 g/mol. The SMILES string of the molecule is COc1cc2nc(C)n(CC(=O)N[C@@H](CO)Cc3ccccc3)c(=O)c2cc1OC. The van der Waals surface area contributed by atoms with E-state index in [9.17, 15) is 14.7 Å². The number of methoxy groups -OCH3 is 2. The Hall–Kier alpha value is -3.39. The van der Waals surface area contributed by atoms with E-state index >= 15 is 0 Å². The van der Waals surface area contributed by atoms with E-state index in [1.165, 1.54) is 18.8 Å². The third kappa shape index (κ3) is 4.60. The number of benzene rings is 2. The number of nitrogens with one attached hydrogen (secondary N) is 1. The Balaban J connectivity index is 1.83. The summed E-state index contributed by atoms with van der Waals surface area (Å²) >= 11 is 0. The molecule has 0 saturated carbocycles. The minimum atomic E-state index is -0.450. The molecule has 30 heavy (non-hydrogen) atoms. The molecule has 0 saturated heterocycles. The van der Waals surface area contributed by atoms with Gasteiger partial charge in [0.15, 0.2) is 11.5 Å². The second-order valence-corrected chi connectivity index (χ2v) is 6.91. The van der Waals surface area contributed by atoms with E-state index in [-0.39, 0.29) is 24.6 Å². The highest BCUT2D eigenvalue weighted by atomic mass is 16.5. The molecule has 1 aromatic heterocycles. The molecule has 3 rings (SSSR count). The highest BCUT2D eigenvalue weighted by Crippen LogP contribution is 2.30. The summed E-state index contributed by atoms with van der Waals surface area (Å²) in [6.07, 6.45) is 0.490. The van der Waals surface area contributed by atoms with Crippen molar-refractivity contribution in [2.24, 2.45) is 0 Å². The van der Waals surface area contributed by atoms with E-state index in [2.05, 4.69) is 10.3 Å². The van der Waals surface area contributed by atoms with Crippen LogP contribution in [0.4, 0.5) is 0 Å². The van der Waals surface area contributed by atoms with Crippen molar-refractivity contribution in [3.63, 3.8) is 0 Å². The van der Waals surface area contributed by atoms with Crippen molar-refractivity contribution < 1.29 is 19.4 Å². The maximum atomic E-state index is 13.0. The van der Waals surface area contributed by atoms with Gasteiger partial charge in [-0.15, -0.1) is 0 Å². The summed E-state index contributed by atoms with van der Waals surface area (Å²) in [5.41, 5.74) is 1.11. The van der Waals surface area contributed by atoms with Crippen molar-refractivity contribution in [2.75, 3.05) is 20.8 Å². The van der Waals surface area contributed by atoms with Crippen LogP contribution in [0.3, 0.4) is 0 Å². The third-order valence-corrected chi connectivity index (χ3v) is 4.86. The van der Waals surface area contributed by atoms with E-state index in [0.717, 1.165) is 5.56 Å². The maximum Gasteiger partial charge on any atom is 0.262 e. The van der Waals surface area contributed by atoms with Crippen LogP contribution in [0.2, 0.25) is 0 Å². The largest absolute Gasteiger partial charge is 0.493 e. The quantitative estimate of drug-likeness (QED) is 0.582. The Kier molecular flexibility index (Phi) is 6.68. The fourth-order valence-corrected chi connectivity index (χ4v) is 3.32. The zero-order chi connectivity index (χ0) is 21.7. The monoisotopic (exact) mass is 411 g/mol. The van der Waals surface area contributed by atoms with Crippen LogP contribution < -0.4 is 20.3 Å². The molecule has 1 heterocycles. The highest BCUT2D eigenvalue weighted by Gasteiger charge is 2.17. The number of rotatable bonds is 8. The molecule has 158 valence electrons. The smallest absolute Gasteiger partial charge is 0.262 e. The number of aliphatic hydroxyl groups is 1. The fourth-order valence-electron chi connectivity index (χ4n) is 3.32. The van der Waals surface area contributed by atoms with Gasteiger partial charge in [0.2, 0.25) is 5.91 Å². The molecule has 2 N–H and O–H groups in total. The number of nitrogens with zero attached hydrogens (tertiary/aromatic N) is 2. The summed E-state index contributed by atoms with van der Waals surface area (Å²) in [4.78, 5) is 30.0. The molecule has 3 aromatic rings. The number of hydrogen-bond donors (Lipinski definition) is 2. The average Bonchev–Trinajstić information content (AvgIpc) is 2.76. The number of aliphatic hydroxyl groups excluding tert-OH is 1. The van der Waals surface area contributed by atoms with Crippen LogP contribution in [0.1, 0.15) is 11.4 Å². The minimum Gasteiger partial charge on any atom is -0.493 e. The molecule has 8 nitrogen and oxygen atoms in total. The molecule has 0 fully saturated rings. The first-order valence-electron chi connectivity index (χ1n) is 9.54. The Morgan fingerprint density at radius 3 is 2.47 bits per heavy atom. The molecule has 0 aliphatic rings. The molecule has 0 aliphatic carbocycles. The third-order valence-electron chi connectivity index (χ3n) is 4.86. The Labute approximate surface area is 174 Å². The van der Waals surface area contributed by atoms with Crippen LogP contribution in [0.15, 0.2) is 47.3 Å². The summed E-state index contributed by atoms with van der Waals surface area (Å²) in [5, 5.41) is 12.8. The number of carbonyl (C=O) groups is 1. The van der Waals surface area contributed by atoms with Gasteiger partial charge in [0, 0.05) is 6.07 Å². The first-order chi connectivity index (χ1) is 14.5. The predicted molar refractivity (Wildman–Crippen MR) is 113 cm³/mol. The van der Waals surface area contributed by atoms with Crippen molar-refractivity contribution in [2.45, 2.75) is 25.9 Å². The highest BCUT2D eigenvalue weighted by molar-refractivity contribution is 5.82. The summed E-state index contributed by atoms with van der Waals surface area (Å²) in [7, 11) is 2.99. The van der Waals surface area contributed by atoms with E-state index in [1.807, 2.05) is 30.3 Å². The Bertz CT molecular complexity index is 1100. The first-order valence-corrected chi connectivity index (χ1v) is 9.54. The second kappa shape index (κ2) is 9.41. The van der Waals surface area contributed by atoms with Crippen molar-refractivity contribution in [3.8, 4) is 11.5 Å². The number of aromatic nitrogens is 2. The van der Waals surface area contributed by atoms with Crippen LogP contribution in [0, 0.1) is 6.92 Å². The van der Waals surface area contributed by atoms with Crippen LogP contribution in [0.25, 0.3) is 10.9 Å². The van der Waals surface area contributed by atoms with Gasteiger partial charge in [-0.3, -0.25) is 14.2 Å². The van der Waals surface area contributed by atoms with E-state index in [1.54, 1.807) is 19.1 Å². The van der Waals surface area contributed by atoms with Gasteiger partial charge in [-0.2, -0.15) is 0 Å². The van der Waals surface area contributed by atoms with Gasteiger partial charge < -0.3 is 19.9 Å². The molecule has 2 aromatic carbocycles. The van der Waals surface area contributed by atoms with Crippen molar-refractivity contribution in [3.05, 3.63) is 64.2 Å². The lowest BCUT2D eigenvalue weighted by atomic mass is 10.1. The van der Waals surface area contributed by atoms with Crippen LogP contribution in [-0.4, -0.2) is 47.4 Å². The fraction of sp³-hybridized carbons (Fsp3) is 0.318. The Morgan fingerprint density at radius 2 is 1.83 bits per heavy atom. The zero-order valence-corrected chi connectivity index (χ0v) is 17.2. The molecule has 0 aliphatic heterocycles. The average molecular weight is 411 g/mol. The van der Waals surface area contributed by atoms with E-state index in [4.69, 9.17) is 9.47 Å². The molecule has 1 atom stereocenters. The molecule has 8 heteroatoms. The van der Waals surface area contributed by atoms with Gasteiger partial charge in [0.1, 0.15) is 12.4 Å². The maximum absolute atomic E-state index is 13.0. The van der Waals surface area contributed by atoms with Crippen molar-refractivity contribution >= 4 is 16.8 Å². The molecular formula is C22H25N3O5. The summed E-state index contributed by atoms with van der Waals surface area (Å²) in [6.45, 7) is 1.26. The molecule has 1 amide bonds. The molecule has 0 unspecified atom stereocenters. The zero-order valence-electron chi connectivity index (χ0n) is 17.2. The minimum absolute atomic E-state index is 0.201. The van der Waals surface area contributed by atoms with Gasteiger partial charge in [0.25, 0.3) is 5.56 Å². The topological polar surface area (TPSA) is 103 Å². The lowest BCUT2D eigenvalue weighted by Gasteiger charge is -2.18. The molecule has 0 radical (unpaired) electrons. The Morgan fingerprint density at radius 1 is 1.17 bits per heavy atom.